The molecule has 0 radical (unpaired) electrons. The Morgan fingerprint density at radius 2 is 2.05 bits per heavy atom. The molecule has 2 heterocycles. The van der Waals surface area contributed by atoms with Crippen LogP contribution in [0, 0.1) is 13.8 Å². The van der Waals surface area contributed by atoms with Crippen molar-refractivity contribution in [3.05, 3.63) is 39.9 Å². The Labute approximate surface area is 123 Å². The van der Waals surface area contributed by atoms with Gasteiger partial charge in [-0.1, -0.05) is 0 Å². The van der Waals surface area contributed by atoms with Gasteiger partial charge in [-0.05, 0) is 41.9 Å². The van der Waals surface area contributed by atoms with Crippen LogP contribution in [0.4, 0.5) is 0 Å². The van der Waals surface area contributed by atoms with E-state index in [1.54, 1.807) is 43.9 Å². The molecule has 104 valence electrons. The number of Topliss-reactive ketones (excluding diaryl/α,β-unsaturated/α-hetero) is 1. The Balaban J connectivity index is 2.26. The van der Waals surface area contributed by atoms with Gasteiger partial charge in [0.15, 0.2) is 5.75 Å². The number of nitrogens with zero attached hydrogens (tertiary/aromatic N) is 3. The first-order chi connectivity index (χ1) is 9.41. The molecule has 2 rings (SSSR count). The second kappa shape index (κ2) is 5.54. The summed E-state index contributed by atoms with van der Waals surface area (Å²) in [6, 6.07) is 3.16. The number of ketones is 1. The standard InChI is InChI=1S/C13H12BrN3O3/c1-7-10(8(2)17(3)16-7)11(18)13(19)20-9-5-4-6-15-12(9)14/h4-6H,1-3H3. The fourth-order valence-electron chi connectivity index (χ4n) is 1.80. The van der Waals surface area contributed by atoms with Gasteiger partial charge >= 0.3 is 5.97 Å². The van der Waals surface area contributed by atoms with Gasteiger partial charge in [-0.2, -0.15) is 5.10 Å². The molecule has 0 saturated heterocycles. The quantitative estimate of drug-likeness (QED) is 0.370. The average Bonchev–Trinajstić information content (AvgIpc) is 2.65. The molecule has 6 nitrogen and oxygen atoms in total. The van der Waals surface area contributed by atoms with Gasteiger partial charge in [0.2, 0.25) is 0 Å². The lowest BCUT2D eigenvalue weighted by Crippen LogP contribution is -2.22. The third-order valence-electron chi connectivity index (χ3n) is 2.85. The first-order valence-electron chi connectivity index (χ1n) is 5.79. The molecule has 2 aromatic rings. The third-order valence-corrected chi connectivity index (χ3v) is 3.44. The maximum atomic E-state index is 12.2. The predicted molar refractivity (Wildman–Crippen MR) is 74.6 cm³/mol. The topological polar surface area (TPSA) is 74.1 Å². The van der Waals surface area contributed by atoms with Crippen LogP contribution in [0.2, 0.25) is 0 Å². The second-order valence-electron chi connectivity index (χ2n) is 4.18. The monoisotopic (exact) mass is 337 g/mol. The SMILES string of the molecule is Cc1nn(C)c(C)c1C(=O)C(=O)Oc1cccnc1Br. The van der Waals surface area contributed by atoms with Crippen LogP contribution in [0.5, 0.6) is 5.75 Å². The number of halogens is 1. The molecule has 0 spiro atoms. The molecular weight excluding hydrogens is 326 g/mol. The van der Waals surface area contributed by atoms with Gasteiger partial charge in [0.05, 0.1) is 11.3 Å². The molecule has 0 N–H and O–H groups in total. The predicted octanol–water partition coefficient (Wildman–Crippen LogP) is 1.98. The van der Waals surface area contributed by atoms with Crippen molar-refractivity contribution < 1.29 is 14.3 Å². The fourth-order valence-corrected chi connectivity index (χ4v) is 2.13. The summed E-state index contributed by atoms with van der Waals surface area (Å²) in [5.41, 5.74) is 1.39. The van der Waals surface area contributed by atoms with Crippen molar-refractivity contribution in [1.29, 1.82) is 0 Å². The van der Waals surface area contributed by atoms with E-state index in [-0.39, 0.29) is 11.3 Å². The molecule has 20 heavy (non-hydrogen) atoms. The summed E-state index contributed by atoms with van der Waals surface area (Å²) in [5.74, 6) is -1.48. The maximum Gasteiger partial charge on any atom is 0.385 e. The van der Waals surface area contributed by atoms with Crippen molar-refractivity contribution in [3.8, 4) is 5.75 Å². The molecule has 7 heteroatoms. The van der Waals surface area contributed by atoms with Gasteiger partial charge in [-0.15, -0.1) is 0 Å². The zero-order valence-electron chi connectivity index (χ0n) is 11.2. The van der Waals surface area contributed by atoms with E-state index in [1.807, 2.05) is 0 Å². The van der Waals surface area contributed by atoms with Crippen molar-refractivity contribution >= 4 is 27.7 Å². The van der Waals surface area contributed by atoms with Crippen LogP contribution in [0.25, 0.3) is 0 Å². The van der Waals surface area contributed by atoms with Crippen LogP contribution in [0.3, 0.4) is 0 Å². The summed E-state index contributed by atoms with van der Waals surface area (Å²) in [6.07, 6.45) is 1.54. The Kier molecular flexibility index (Phi) is 3.99. The summed E-state index contributed by atoms with van der Waals surface area (Å²) in [4.78, 5) is 28.0. The van der Waals surface area contributed by atoms with E-state index < -0.39 is 11.8 Å². The van der Waals surface area contributed by atoms with E-state index in [2.05, 4.69) is 26.0 Å². The highest BCUT2D eigenvalue weighted by molar-refractivity contribution is 9.10. The first-order valence-corrected chi connectivity index (χ1v) is 6.58. The molecule has 0 atom stereocenters. The number of rotatable bonds is 3. The fraction of sp³-hybridized carbons (Fsp3) is 0.231. The lowest BCUT2D eigenvalue weighted by molar-refractivity contribution is -0.129. The van der Waals surface area contributed by atoms with Crippen LogP contribution in [-0.4, -0.2) is 26.5 Å². The van der Waals surface area contributed by atoms with Crippen molar-refractivity contribution in [2.24, 2.45) is 7.05 Å². The van der Waals surface area contributed by atoms with Crippen LogP contribution < -0.4 is 4.74 Å². The second-order valence-corrected chi connectivity index (χ2v) is 4.93. The molecule has 0 amide bonds. The van der Waals surface area contributed by atoms with E-state index in [9.17, 15) is 9.59 Å². The Hall–Kier alpha value is -2.02. The molecule has 0 unspecified atom stereocenters. The molecule has 0 fully saturated rings. The summed E-state index contributed by atoms with van der Waals surface area (Å²) >= 11 is 3.15. The number of pyridine rings is 1. The van der Waals surface area contributed by atoms with E-state index in [1.165, 1.54) is 0 Å². The number of aromatic nitrogens is 3. The molecule has 0 aliphatic rings. The largest absolute Gasteiger partial charge is 0.418 e. The van der Waals surface area contributed by atoms with Crippen molar-refractivity contribution in [1.82, 2.24) is 14.8 Å². The van der Waals surface area contributed by atoms with E-state index in [0.29, 0.717) is 16.0 Å². The van der Waals surface area contributed by atoms with Crippen LogP contribution in [-0.2, 0) is 11.8 Å². The van der Waals surface area contributed by atoms with E-state index in [0.717, 1.165) is 0 Å². The smallest absolute Gasteiger partial charge is 0.385 e. The third kappa shape index (κ3) is 2.62. The minimum absolute atomic E-state index is 0.199. The lowest BCUT2D eigenvalue weighted by atomic mass is 10.1. The van der Waals surface area contributed by atoms with Crippen LogP contribution in [0.1, 0.15) is 21.7 Å². The highest BCUT2D eigenvalue weighted by Crippen LogP contribution is 2.22. The number of ether oxygens (including phenoxy) is 1. The number of hydrogen-bond donors (Lipinski definition) is 0. The van der Waals surface area contributed by atoms with Gasteiger partial charge in [0, 0.05) is 18.9 Å². The molecule has 0 aromatic carbocycles. The zero-order chi connectivity index (χ0) is 14.9. The summed E-state index contributed by atoms with van der Waals surface area (Å²) in [7, 11) is 1.71. The van der Waals surface area contributed by atoms with Gasteiger partial charge in [-0.3, -0.25) is 9.48 Å². The highest BCUT2D eigenvalue weighted by Gasteiger charge is 2.26. The van der Waals surface area contributed by atoms with Crippen molar-refractivity contribution in [2.45, 2.75) is 13.8 Å². The Bertz CT molecular complexity index is 694. The summed E-state index contributed by atoms with van der Waals surface area (Å²) in [6.45, 7) is 3.40. The van der Waals surface area contributed by atoms with Gasteiger partial charge in [-0.25, -0.2) is 9.78 Å². The van der Waals surface area contributed by atoms with Gasteiger partial charge in [0.25, 0.3) is 5.78 Å². The van der Waals surface area contributed by atoms with Gasteiger partial charge in [0.1, 0.15) is 4.60 Å². The number of hydrogen-bond acceptors (Lipinski definition) is 5. The molecule has 0 aliphatic heterocycles. The minimum atomic E-state index is -0.960. The van der Waals surface area contributed by atoms with Crippen LogP contribution >= 0.6 is 15.9 Å². The maximum absolute atomic E-state index is 12.2. The molecule has 0 aliphatic carbocycles. The van der Waals surface area contributed by atoms with E-state index in [4.69, 9.17) is 4.74 Å². The molecule has 0 bridgehead atoms. The number of carbonyl (C=O) groups excluding carboxylic acids is 2. The van der Waals surface area contributed by atoms with Crippen molar-refractivity contribution in [2.75, 3.05) is 0 Å². The zero-order valence-corrected chi connectivity index (χ0v) is 12.8. The first kappa shape index (κ1) is 14.4. The minimum Gasteiger partial charge on any atom is -0.418 e. The van der Waals surface area contributed by atoms with Gasteiger partial charge < -0.3 is 4.74 Å². The Morgan fingerprint density at radius 3 is 2.60 bits per heavy atom. The number of esters is 1. The average molecular weight is 338 g/mol. The molecular formula is C13H12BrN3O3. The van der Waals surface area contributed by atoms with Crippen molar-refractivity contribution in [3.63, 3.8) is 0 Å². The normalized spacial score (nSPS) is 10.4. The highest BCUT2D eigenvalue weighted by atomic mass is 79.9. The number of aryl methyl sites for hydroxylation is 2. The molecule has 0 saturated carbocycles. The Morgan fingerprint density at radius 1 is 1.35 bits per heavy atom. The molecule has 2 aromatic heterocycles. The lowest BCUT2D eigenvalue weighted by Gasteiger charge is -2.05. The van der Waals surface area contributed by atoms with Crippen LogP contribution in [0.15, 0.2) is 22.9 Å². The number of carbonyl (C=O) groups is 2. The van der Waals surface area contributed by atoms with E-state index >= 15 is 0 Å². The summed E-state index contributed by atoms with van der Waals surface area (Å²) in [5, 5.41) is 4.11. The summed E-state index contributed by atoms with van der Waals surface area (Å²) < 4.78 is 6.96.